The van der Waals surface area contributed by atoms with Crippen molar-refractivity contribution in [1.82, 2.24) is 10.3 Å². The van der Waals surface area contributed by atoms with Gasteiger partial charge < -0.3 is 0 Å². The van der Waals surface area contributed by atoms with E-state index < -0.39 is 0 Å². The topological polar surface area (TPSA) is 24.9 Å². The first kappa shape index (κ1) is 10.0. The van der Waals surface area contributed by atoms with Gasteiger partial charge in [0.05, 0.1) is 10.7 Å². The summed E-state index contributed by atoms with van der Waals surface area (Å²) >= 11 is 5.70. The van der Waals surface area contributed by atoms with Crippen molar-refractivity contribution >= 4 is 11.6 Å². The highest BCUT2D eigenvalue weighted by molar-refractivity contribution is 6.30. The lowest BCUT2D eigenvalue weighted by molar-refractivity contribution is 0.649. The molecule has 1 atom stereocenters. The van der Waals surface area contributed by atoms with Crippen LogP contribution in [0, 0.1) is 12.3 Å². The summed E-state index contributed by atoms with van der Waals surface area (Å²) in [7, 11) is 0. The summed E-state index contributed by atoms with van der Waals surface area (Å²) < 4.78 is 0. The lowest BCUT2D eigenvalue weighted by atomic mass is 10.2. The number of hydrogen-bond acceptors (Lipinski definition) is 2. The molecule has 0 aliphatic carbocycles. The third kappa shape index (κ3) is 2.73. The van der Waals surface area contributed by atoms with Gasteiger partial charge in [-0.05, 0) is 18.7 Å². The number of terminal acetylenes is 1. The van der Waals surface area contributed by atoms with E-state index in [9.17, 15) is 0 Å². The Morgan fingerprint density at radius 3 is 2.92 bits per heavy atom. The van der Waals surface area contributed by atoms with Crippen LogP contribution in [-0.2, 0) is 0 Å². The molecule has 3 heteroatoms. The molecule has 1 aromatic heterocycles. The minimum Gasteiger partial charge on any atom is -0.299 e. The highest BCUT2D eigenvalue weighted by atomic mass is 35.5. The van der Waals surface area contributed by atoms with Crippen molar-refractivity contribution in [2.24, 2.45) is 0 Å². The molecule has 0 fully saturated rings. The van der Waals surface area contributed by atoms with Crippen molar-refractivity contribution < 1.29 is 0 Å². The Morgan fingerprint density at radius 2 is 2.46 bits per heavy atom. The van der Waals surface area contributed by atoms with E-state index in [4.69, 9.17) is 18.0 Å². The quantitative estimate of drug-likeness (QED) is 0.745. The van der Waals surface area contributed by atoms with Crippen molar-refractivity contribution in [1.29, 1.82) is 0 Å². The predicted octanol–water partition coefficient (Wildman–Crippen LogP) is 2.02. The molecule has 1 aromatic rings. The molecule has 0 aliphatic heterocycles. The maximum absolute atomic E-state index is 5.70. The van der Waals surface area contributed by atoms with E-state index in [1.54, 1.807) is 12.3 Å². The van der Waals surface area contributed by atoms with Gasteiger partial charge in [0, 0.05) is 6.20 Å². The second-order valence-electron chi connectivity index (χ2n) is 2.56. The Kier molecular flexibility index (Phi) is 3.75. The van der Waals surface area contributed by atoms with Crippen LogP contribution in [0.2, 0.25) is 5.02 Å². The van der Waals surface area contributed by atoms with Gasteiger partial charge >= 0.3 is 0 Å². The number of pyridine rings is 1. The molecular formula is C10H11ClN2. The number of hydrogen-bond donors (Lipinski definition) is 1. The normalized spacial score (nSPS) is 12.1. The minimum absolute atomic E-state index is 0.123. The fourth-order valence-electron chi connectivity index (χ4n) is 1.01. The summed E-state index contributed by atoms with van der Waals surface area (Å²) in [4.78, 5) is 4.13. The van der Waals surface area contributed by atoms with E-state index >= 15 is 0 Å². The van der Waals surface area contributed by atoms with E-state index in [1.807, 2.05) is 13.0 Å². The molecule has 0 saturated heterocycles. The third-order valence-electron chi connectivity index (χ3n) is 1.62. The SMILES string of the molecule is C#CC(NCC)c1ccc(Cl)cn1. The van der Waals surface area contributed by atoms with Crippen molar-refractivity contribution in [2.75, 3.05) is 6.54 Å². The van der Waals surface area contributed by atoms with Gasteiger partial charge in [-0.3, -0.25) is 10.3 Å². The Morgan fingerprint density at radius 1 is 1.69 bits per heavy atom. The van der Waals surface area contributed by atoms with Crippen LogP contribution in [0.25, 0.3) is 0 Å². The zero-order chi connectivity index (χ0) is 9.68. The third-order valence-corrected chi connectivity index (χ3v) is 1.84. The lowest BCUT2D eigenvalue weighted by Crippen LogP contribution is -2.20. The van der Waals surface area contributed by atoms with Crippen molar-refractivity contribution in [3.05, 3.63) is 29.0 Å². The molecule has 1 heterocycles. The zero-order valence-corrected chi connectivity index (χ0v) is 8.17. The van der Waals surface area contributed by atoms with E-state index in [1.165, 1.54) is 0 Å². The average molecular weight is 195 g/mol. The molecule has 0 radical (unpaired) electrons. The van der Waals surface area contributed by atoms with Gasteiger partial charge in [-0.1, -0.05) is 24.4 Å². The summed E-state index contributed by atoms with van der Waals surface area (Å²) in [6, 6.07) is 3.49. The number of nitrogens with zero attached hydrogens (tertiary/aromatic N) is 1. The second-order valence-corrected chi connectivity index (χ2v) is 3.00. The highest BCUT2D eigenvalue weighted by Crippen LogP contribution is 2.12. The van der Waals surface area contributed by atoms with E-state index in [0.717, 1.165) is 12.2 Å². The van der Waals surface area contributed by atoms with Crippen LogP contribution in [0.3, 0.4) is 0 Å². The number of halogens is 1. The minimum atomic E-state index is -0.123. The molecule has 0 spiro atoms. The number of rotatable bonds is 3. The summed E-state index contributed by atoms with van der Waals surface area (Å²) in [5, 5.41) is 3.75. The Bertz CT molecular complexity index is 300. The van der Waals surface area contributed by atoms with E-state index in [-0.39, 0.29) is 6.04 Å². The largest absolute Gasteiger partial charge is 0.299 e. The molecule has 1 N–H and O–H groups in total. The fraction of sp³-hybridized carbons (Fsp3) is 0.300. The Balaban J connectivity index is 2.81. The summed E-state index contributed by atoms with van der Waals surface area (Å²) in [6.07, 6.45) is 6.94. The van der Waals surface area contributed by atoms with Gasteiger partial charge in [0.15, 0.2) is 0 Å². The molecule has 13 heavy (non-hydrogen) atoms. The smallest absolute Gasteiger partial charge is 0.111 e. The monoisotopic (exact) mass is 194 g/mol. The highest BCUT2D eigenvalue weighted by Gasteiger charge is 2.06. The van der Waals surface area contributed by atoms with Gasteiger partial charge in [0.1, 0.15) is 6.04 Å². The number of nitrogens with one attached hydrogen (secondary N) is 1. The van der Waals surface area contributed by atoms with Crippen LogP contribution in [-0.4, -0.2) is 11.5 Å². The second kappa shape index (κ2) is 4.86. The average Bonchev–Trinajstić information content (AvgIpc) is 2.16. The first-order valence-corrected chi connectivity index (χ1v) is 4.46. The Hall–Kier alpha value is -1.04. The van der Waals surface area contributed by atoms with Crippen molar-refractivity contribution in [3.8, 4) is 12.3 Å². The van der Waals surface area contributed by atoms with Crippen LogP contribution < -0.4 is 5.32 Å². The van der Waals surface area contributed by atoms with Gasteiger partial charge in [-0.25, -0.2) is 0 Å². The summed E-state index contributed by atoms with van der Waals surface area (Å²) in [5.74, 6) is 2.62. The zero-order valence-electron chi connectivity index (χ0n) is 7.42. The lowest BCUT2D eigenvalue weighted by Gasteiger charge is -2.09. The molecule has 0 aliphatic rings. The van der Waals surface area contributed by atoms with Gasteiger partial charge in [-0.15, -0.1) is 6.42 Å². The van der Waals surface area contributed by atoms with Crippen LogP contribution in [0.1, 0.15) is 18.7 Å². The molecule has 1 rings (SSSR count). The number of aromatic nitrogens is 1. The maximum atomic E-state index is 5.70. The van der Waals surface area contributed by atoms with Crippen LogP contribution in [0.4, 0.5) is 0 Å². The molecule has 1 unspecified atom stereocenters. The molecule has 0 bridgehead atoms. The van der Waals surface area contributed by atoms with Crippen LogP contribution >= 0.6 is 11.6 Å². The molecule has 0 saturated carbocycles. The van der Waals surface area contributed by atoms with E-state index in [0.29, 0.717) is 5.02 Å². The standard InChI is InChI=1S/C10H11ClN2/c1-3-9(12-4-2)10-6-5-8(11)7-13-10/h1,5-7,9,12H,4H2,2H3. The van der Waals surface area contributed by atoms with Gasteiger partial charge in [0.2, 0.25) is 0 Å². The molecule has 0 amide bonds. The van der Waals surface area contributed by atoms with Crippen LogP contribution in [0.5, 0.6) is 0 Å². The first-order valence-electron chi connectivity index (χ1n) is 4.09. The fourth-order valence-corrected chi connectivity index (χ4v) is 1.12. The molecule has 0 aromatic carbocycles. The molecule has 2 nitrogen and oxygen atoms in total. The maximum Gasteiger partial charge on any atom is 0.111 e. The summed E-state index contributed by atoms with van der Waals surface area (Å²) in [6.45, 7) is 2.82. The summed E-state index contributed by atoms with van der Waals surface area (Å²) in [5.41, 5.74) is 0.828. The van der Waals surface area contributed by atoms with Crippen molar-refractivity contribution in [2.45, 2.75) is 13.0 Å². The van der Waals surface area contributed by atoms with Gasteiger partial charge in [0.25, 0.3) is 0 Å². The molecule has 68 valence electrons. The van der Waals surface area contributed by atoms with E-state index in [2.05, 4.69) is 16.2 Å². The predicted molar refractivity (Wildman–Crippen MR) is 54.5 cm³/mol. The van der Waals surface area contributed by atoms with Crippen molar-refractivity contribution in [3.63, 3.8) is 0 Å². The Labute approximate surface area is 83.3 Å². The van der Waals surface area contributed by atoms with Gasteiger partial charge in [-0.2, -0.15) is 0 Å². The van der Waals surface area contributed by atoms with Crippen LogP contribution in [0.15, 0.2) is 18.3 Å². The molecular weight excluding hydrogens is 184 g/mol. The first-order chi connectivity index (χ1) is 6.27.